The zero-order valence-electron chi connectivity index (χ0n) is 11.5. The Kier molecular flexibility index (Phi) is 6.02. The van der Waals surface area contributed by atoms with E-state index in [0.717, 1.165) is 16.7 Å². The highest BCUT2D eigenvalue weighted by Gasteiger charge is 2.23. The van der Waals surface area contributed by atoms with E-state index in [-0.39, 0.29) is 5.97 Å². The Hall–Kier alpha value is -1.36. The van der Waals surface area contributed by atoms with E-state index in [4.69, 9.17) is 10.1 Å². The van der Waals surface area contributed by atoms with Crippen molar-refractivity contribution in [1.82, 2.24) is 4.90 Å². The smallest absolute Gasteiger partial charge is 0.336 e. The summed E-state index contributed by atoms with van der Waals surface area (Å²) in [5, 5.41) is 7.07. The molecule has 1 aliphatic heterocycles. The van der Waals surface area contributed by atoms with Crippen LogP contribution in [-0.2, 0) is 9.53 Å². The predicted molar refractivity (Wildman–Crippen MR) is 80.2 cm³/mol. The molecule has 0 aromatic carbocycles. The van der Waals surface area contributed by atoms with Crippen LogP contribution in [0.4, 0.5) is 0 Å². The van der Waals surface area contributed by atoms with Gasteiger partial charge >= 0.3 is 5.97 Å². The second-order valence-electron chi connectivity index (χ2n) is 4.24. The first-order chi connectivity index (χ1) is 9.02. The number of likely N-dealkylation sites (N-methyl/N-ethyl adjacent to an activating group) is 1. The summed E-state index contributed by atoms with van der Waals surface area (Å²) in [6.45, 7) is 4.21. The van der Waals surface area contributed by atoms with Crippen LogP contribution < -0.4 is 0 Å². The van der Waals surface area contributed by atoms with Crippen LogP contribution in [0.3, 0.4) is 0 Å². The van der Waals surface area contributed by atoms with Gasteiger partial charge in [-0.2, -0.15) is 0 Å². The summed E-state index contributed by atoms with van der Waals surface area (Å²) in [4.78, 5) is 13.8. The molecule has 0 bridgehead atoms. The van der Waals surface area contributed by atoms with Crippen molar-refractivity contribution in [1.29, 1.82) is 5.41 Å². The number of ether oxygens (including phenoxy) is 1. The monoisotopic (exact) mass is 326 g/mol. The fraction of sp³-hybridized carbons (Fsp3) is 0.429. The number of nitrogens with one attached hydrogen (secondary N) is 1. The molecule has 0 aromatic rings. The Balaban J connectivity index is 3.11. The first kappa shape index (κ1) is 15.7. The van der Waals surface area contributed by atoms with Gasteiger partial charge in [0.2, 0.25) is 0 Å². The van der Waals surface area contributed by atoms with E-state index >= 15 is 0 Å². The molecule has 1 N–H and O–H groups in total. The fourth-order valence-electron chi connectivity index (χ4n) is 1.94. The van der Waals surface area contributed by atoms with Crippen molar-refractivity contribution in [3.8, 4) is 0 Å². The van der Waals surface area contributed by atoms with Crippen LogP contribution in [0.15, 0.2) is 33.6 Å². The van der Waals surface area contributed by atoms with E-state index in [1.54, 1.807) is 13.0 Å². The lowest BCUT2D eigenvalue weighted by Crippen LogP contribution is -2.17. The molecule has 4 nitrogen and oxygen atoms in total. The van der Waals surface area contributed by atoms with E-state index < -0.39 is 0 Å². The second kappa shape index (κ2) is 7.28. The molecule has 0 aromatic heterocycles. The number of carbonyl (C=O) groups is 1. The third-order valence-corrected chi connectivity index (χ3v) is 3.97. The normalized spacial score (nSPS) is 16.9. The number of nitrogens with zero attached hydrogens (tertiary/aromatic N) is 1. The highest BCUT2D eigenvalue weighted by atomic mass is 79.9. The van der Waals surface area contributed by atoms with Gasteiger partial charge in [0.15, 0.2) is 0 Å². The number of hydrogen-bond acceptors (Lipinski definition) is 4. The van der Waals surface area contributed by atoms with E-state index in [9.17, 15) is 4.79 Å². The largest absolute Gasteiger partial charge is 0.463 e. The Bertz CT molecular complexity index is 464. The summed E-state index contributed by atoms with van der Waals surface area (Å²) in [6.07, 6.45) is 6.23. The third kappa shape index (κ3) is 3.80. The van der Waals surface area contributed by atoms with Gasteiger partial charge < -0.3 is 15.0 Å². The van der Waals surface area contributed by atoms with Crippen molar-refractivity contribution < 1.29 is 9.53 Å². The Morgan fingerprint density at radius 1 is 1.53 bits per heavy atom. The van der Waals surface area contributed by atoms with E-state index in [0.29, 0.717) is 18.6 Å². The number of esters is 1. The molecule has 0 atom stereocenters. The molecule has 0 saturated heterocycles. The summed E-state index contributed by atoms with van der Waals surface area (Å²) in [6, 6.07) is 0. The lowest BCUT2D eigenvalue weighted by molar-refractivity contribution is -0.138. The summed E-state index contributed by atoms with van der Waals surface area (Å²) >= 11 is 3.48. The summed E-state index contributed by atoms with van der Waals surface area (Å²) in [7, 11) is 1.89. The van der Waals surface area contributed by atoms with Crippen LogP contribution in [-0.4, -0.2) is 30.7 Å². The Labute approximate surface area is 122 Å². The molecule has 1 aliphatic rings. The Morgan fingerprint density at radius 2 is 2.21 bits per heavy atom. The summed E-state index contributed by atoms with van der Waals surface area (Å²) in [5.41, 5.74) is 2.83. The maximum Gasteiger partial charge on any atom is 0.336 e. The second-order valence-corrected chi connectivity index (χ2v) is 4.99. The van der Waals surface area contributed by atoms with Crippen LogP contribution in [0.2, 0.25) is 0 Å². The fourth-order valence-corrected chi connectivity index (χ4v) is 2.49. The molecular weight excluding hydrogens is 308 g/mol. The molecule has 1 heterocycles. The standard InChI is InChI=1S/C14H19BrN2O2/c1-4-19-14(18)11-8-7-10(2)12(6-5-9-16)17(3)13(11)15/h5-6,9,16H,4,7-8H2,1-3H3/b6-5-,16-9?. The molecule has 19 heavy (non-hydrogen) atoms. The van der Waals surface area contributed by atoms with Crippen LogP contribution in [0.5, 0.6) is 0 Å². The van der Waals surface area contributed by atoms with Crippen LogP contribution in [0.25, 0.3) is 0 Å². The van der Waals surface area contributed by atoms with Crippen LogP contribution in [0, 0.1) is 5.41 Å². The van der Waals surface area contributed by atoms with Gasteiger partial charge in [-0.05, 0) is 60.3 Å². The molecule has 0 fully saturated rings. The molecule has 0 unspecified atom stereocenters. The molecule has 1 rings (SSSR count). The number of halogens is 1. The molecular formula is C14H19BrN2O2. The lowest BCUT2D eigenvalue weighted by Gasteiger charge is -2.21. The van der Waals surface area contributed by atoms with Gasteiger partial charge in [-0.3, -0.25) is 0 Å². The molecule has 5 heteroatoms. The van der Waals surface area contributed by atoms with Gasteiger partial charge in [0.25, 0.3) is 0 Å². The zero-order chi connectivity index (χ0) is 14.4. The minimum atomic E-state index is -0.272. The first-order valence-corrected chi connectivity index (χ1v) is 6.98. The highest BCUT2D eigenvalue weighted by molar-refractivity contribution is 9.11. The minimum Gasteiger partial charge on any atom is -0.463 e. The third-order valence-electron chi connectivity index (χ3n) is 2.96. The van der Waals surface area contributed by atoms with Crippen molar-refractivity contribution in [3.63, 3.8) is 0 Å². The molecule has 0 saturated carbocycles. The van der Waals surface area contributed by atoms with Gasteiger partial charge in [0.05, 0.1) is 16.8 Å². The van der Waals surface area contributed by atoms with Gasteiger partial charge in [-0.1, -0.05) is 0 Å². The van der Waals surface area contributed by atoms with Gasteiger partial charge in [0.1, 0.15) is 0 Å². The van der Waals surface area contributed by atoms with E-state index in [1.807, 2.05) is 24.9 Å². The maximum absolute atomic E-state index is 11.9. The van der Waals surface area contributed by atoms with Crippen molar-refractivity contribution in [2.24, 2.45) is 0 Å². The minimum absolute atomic E-state index is 0.272. The number of allylic oxidation sites excluding steroid dienone is 3. The van der Waals surface area contributed by atoms with Crippen LogP contribution >= 0.6 is 15.9 Å². The molecule has 104 valence electrons. The predicted octanol–water partition coefficient (Wildman–Crippen LogP) is 3.36. The lowest BCUT2D eigenvalue weighted by atomic mass is 10.1. The number of hydrogen-bond donors (Lipinski definition) is 1. The summed E-state index contributed by atoms with van der Waals surface area (Å²) in [5.74, 6) is -0.272. The van der Waals surface area contributed by atoms with Gasteiger partial charge in [-0.25, -0.2) is 4.79 Å². The average Bonchev–Trinajstić information content (AvgIpc) is 2.48. The molecule has 0 spiro atoms. The van der Waals surface area contributed by atoms with Crippen molar-refractivity contribution >= 4 is 28.1 Å². The maximum atomic E-state index is 11.9. The SMILES string of the molecule is CCOC(=O)C1=C(Br)N(C)C(/C=C\C=N)=C(C)CC1. The molecule has 0 amide bonds. The average molecular weight is 327 g/mol. The highest BCUT2D eigenvalue weighted by Crippen LogP contribution is 2.32. The Morgan fingerprint density at radius 3 is 2.79 bits per heavy atom. The van der Waals surface area contributed by atoms with Gasteiger partial charge in [0, 0.05) is 19.0 Å². The molecule has 0 radical (unpaired) electrons. The van der Waals surface area contributed by atoms with Crippen LogP contribution in [0.1, 0.15) is 26.7 Å². The number of carbonyl (C=O) groups excluding carboxylic acids is 1. The first-order valence-electron chi connectivity index (χ1n) is 6.19. The van der Waals surface area contributed by atoms with Crippen molar-refractivity contribution in [3.05, 3.63) is 33.6 Å². The summed E-state index contributed by atoms with van der Waals surface area (Å²) < 4.78 is 5.81. The van der Waals surface area contributed by atoms with Crippen molar-refractivity contribution in [2.45, 2.75) is 26.7 Å². The van der Waals surface area contributed by atoms with Crippen molar-refractivity contribution in [2.75, 3.05) is 13.7 Å². The quantitative estimate of drug-likeness (QED) is 0.489. The van der Waals surface area contributed by atoms with Gasteiger partial charge in [-0.15, -0.1) is 0 Å². The molecule has 0 aliphatic carbocycles. The van der Waals surface area contributed by atoms with E-state index in [1.165, 1.54) is 11.8 Å². The number of rotatable bonds is 4. The van der Waals surface area contributed by atoms with E-state index in [2.05, 4.69) is 15.9 Å². The zero-order valence-corrected chi connectivity index (χ0v) is 13.1. The topological polar surface area (TPSA) is 53.4 Å².